The van der Waals surface area contributed by atoms with E-state index in [1.54, 1.807) is 49.6 Å². The lowest BCUT2D eigenvalue weighted by Crippen LogP contribution is -2.34. The molecule has 0 aliphatic carbocycles. The molecule has 0 spiro atoms. The van der Waals surface area contributed by atoms with Crippen LogP contribution in [0.3, 0.4) is 0 Å². The number of para-hydroxylation sites is 1. The molecule has 0 saturated heterocycles. The maximum absolute atomic E-state index is 13.5. The fourth-order valence-electron chi connectivity index (χ4n) is 3.58. The van der Waals surface area contributed by atoms with Crippen molar-refractivity contribution in [1.82, 2.24) is 10.3 Å². The molecular weight excluding hydrogens is 404 g/mol. The van der Waals surface area contributed by atoms with Gasteiger partial charge in [0.15, 0.2) is 6.04 Å². The van der Waals surface area contributed by atoms with Crippen molar-refractivity contribution in [1.29, 1.82) is 0 Å². The highest BCUT2D eigenvalue weighted by Crippen LogP contribution is 2.31. The Labute approximate surface area is 185 Å². The first-order valence-electron chi connectivity index (χ1n) is 10.1. The number of fused-ring (bicyclic) bond motifs is 1. The monoisotopic (exact) mass is 426 g/mol. The number of pyridine rings is 1. The fraction of sp³-hybridized carbons (Fsp3) is 0.115. The van der Waals surface area contributed by atoms with E-state index in [0.29, 0.717) is 33.5 Å². The molecule has 160 valence electrons. The minimum atomic E-state index is -0.942. The number of rotatable bonds is 6. The molecule has 1 unspecified atom stereocenters. The lowest BCUT2D eigenvalue weighted by Gasteiger charge is -2.18. The number of nitrogens with one attached hydrogen (secondary N) is 1. The molecule has 4 aromatic rings. The first kappa shape index (κ1) is 21.1. The second-order valence-corrected chi connectivity index (χ2v) is 7.12. The van der Waals surface area contributed by atoms with Crippen molar-refractivity contribution in [2.75, 3.05) is 14.2 Å². The van der Waals surface area contributed by atoms with Gasteiger partial charge in [-0.1, -0.05) is 72.8 Å². The maximum atomic E-state index is 13.5. The van der Waals surface area contributed by atoms with Gasteiger partial charge in [0.25, 0.3) is 5.91 Å². The molecule has 32 heavy (non-hydrogen) atoms. The summed E-state index contributed by atoms with van der Waals surface area (Å²) in [6.45, 7) is 0. The number of amides is 1. The lowest BCUT2D eigenvalue weighted by atomic mass is 10.0. The molecule has 1 aromatic heterocycles. The van der Waals surface area contributed by atoms with E-state index >= 15 is 0 Å². The van der Waals surface area contributed by atoms with E-state index in [9.17, 15) is 9.59 Å². The maximum Gasteiger partial charge on any atom is 0.333 e. The minimum Gasteiger partial charge on any atom is -0.494 e. The molecule has 0 saturated carbocycles. The van der Waals surface area contributed by atoms with Crippen molar-refractivity contribution >= 4 is 22.8 Å². The summed E-state index contributed by atoms with van der Waals surface area (Å²) in [6, 6.07) is 24.8. The molecule has 6 nitrogen and oxygen atoms in total. The van der Waals surface area contributed by atoms with E-state index in [4.69, 9.17) is 14.5 Å². The predicted octanol–water partition coefficient (Wildman–Crippen LogP) is 4.55. The van der Waals surface area contributed by atoms with Gasteiger partial charge in [-0.05, 0) is 17.7 Å². The third kappa shape index (κ3) is 4.16. The van der Waals surface area contributed by atoms with Crippen LogP contribution in [0.1, 0.15) is 22.0 Å². The summed E-state index contributed by atoms with van der Waals surface area (Å²) < 4.78 is 10.4. The number of methoxy groups -OCH3 is 2. The van der Waals surface area contributed by atoms with Crippen LogP contribution in [0.25, 0.3) is 22.2 Å². The van der Waals surface area contributed by atoms with Gasteiger partial charge in [-0.25, -0.2) is 9.78 Å². The van der Waals surface area contributed by atoms with Gasteiger partial charge in [0.05, 0.1) is 25.5 Å². The Morgan fingerprint density at radius 2 is 1.56 bits per heavy atom. The zero-order valence-electron chi connectivity index (χ0n) is 17.7. The number of benzene rings is 3. The molecule has 0 aliphatic rings. The highest BCUT2D eigenvalue weighted by Gasteiger charge is 2.25. The molecule has 1 amide bonds. The zero-order chi connectivity index (χ0) is 22.5. The average Bonchev–Trinajstić information content (AvgIpc) is 2.86. The SMILES string of the molecule is COC(=O)C(NC(=O)c1cc(-c2ccccc2)nc2c(OC)cccc12)c1ccccc1. The molecule has 0 fully saturated rings. The van der Waals surface area contributed by atoms with Gasteiger partial charge in [-0.2, -0.15) is 0 Å². The molecule has 6 heteroatoms. The quantitative estimate of drug-likeness (QED) is 0.458. The Morgan fingerprint density at radius 3 is 2.22 bits per heavy atom. The van der Waals surface area contributed by atoms with E-state index in [1.807, 2.05) is 42.5 Å². The minimum absolute atomic E-state index is 0.387. The Balaban J connectivity index is 1.83. The summed E-state index contributed by atoms with van der Waals surface area (Å²) in [4.78, 5) is 30.7. The van der Waals surface area contributed by atoms with Crippen molar-refractivity contribution in [3.05, 3.63) is 96.1 Å². The summed E-state index contributed by atoms with van der Waals surface area (Å²) in [5, 5.41) is 3.45. The summed E-state index contributed by atoms with van der Waals surface area (Å²) in [5.74, 6) is -0.409. The molecule has 1 heterocycles. The van der Waals surface area contributed by atoms with Gasteiger partial charge in [0.2, 0.25) is 0 Å². The van der Waals surface area contributed by atoms with Crippen LogP contribution in [0.15, 0.2) is 84.9 Å². The van der Waals surface area contributed by atoms with Crippen LogP contribution in [-0.2, 0) is 9.53 Å². The number of esters is 1. The van der Waals surface area contributed by atoms with Gasteiger partial charge in [0, 0.05) is 10.9 Å². The van der Waals surface area contributed by atoms with E-state index in [2.05, 4.69) is 5.32 Å². The zero-order valence-corrected chi connectivity index (χ0v) is 17.7. The number of hydrogen-bond donors (Lipinski definition) is 1. The number of carbonyl (C=O) groups is 2. The first-order valence-corrected chi connectivity index (χ1v) is 10.1. The number of hydrogen-bond acceptors (Lipinski definition) is 5. The Hall–Kier alpha value is -4.19. The molecule has 0 aliphatic heterocycles. The molecule has 4 rings (SSSR count). The molecule has 1 N–H and O–H groups in total. The van der Waals surface area contributed by atoms with Crippen LogP contribution in [0, 0.1) is 0 Å². The summed E-state index contributed by atoms with van der Waals surface area (Å²) in [5.41, 5.74) is 3.07. The van der Waals surface area contributed by atoms with Crippen LogP contribution >= 0.6 is 0 Å². The van der Waals surface area contributed by atoms with E-state index < -0.39 is 17.9 Å². The topological polar surface area (TPSA) is 77.5 Å². The predicted molar refractivity (Wildman–Crippen MR) is 122 cm³/mol. The van der Waals surface area contributed by atoms with Crippen molar-refractivity contribution in [3.63, 3.8) is 0 Å². The highest BCUT2D eigenvalue weighted by atomic mass is 16.5. The largest absolute Gasteiger partial charge is 0.494 e. The van der Waals surface area contributed by atoms with Crippen molar-refractivity contribution < 1.29 is 19.1 Å². The molecule has 1 atom stereocenters. The van der Waals surface area contributed by atoms with Crippen molar-refractivity contribution in [2.24, 2.45) is 0 Å². The van der Waals surface area contributed by atoms with Crippen LogP contribution in [0.2, 0.25) is 0 Å². The Kier molecular flexibility index (Phi) is 6.12. The average molecular weight is 426 g/mol. The van der Waals surface area contributed by atoms with Gasteiger partial charge >= 0.3 is 5.97 Å². The third-order valence-electron chi connectivity index (χ3n) is 5.18. The second-order valence-electron chi connectivity index (χ2n) is 7.12. The smallest absolute Gasteiger partial charge is 0.333 e. The second kappa shape index (κ2) is 9.31. The number of ether oxygens (including phenoxy) is 2. The van der Waals surface area contributed by atoms with Crippen LogP contribution in [0.5, 0.6) is 5.75 Å². The molecule has 0 radical (unpaired) electrons. The Bertz CT molecular complexity index is 1260. The summed E-state index contributed by atoms with van der Waals surface area (Å²) >= 11 is 0. The number of aromatic nitrogens is 1. The van der Waals surface area contributed by atoms with Gasteiger partial charge in [0.1, 0.15) is 11.3 Å². The van der Waals surface area contributed by atoms with Crippen molar-refractivity contribution in [3.8, 4) is 17.0 Å². The van der Waals surface area contributed by atoms with Crippen LogP contribution in [0.4, 0.5) is 0 Å². The van der Waals surface area contributed by atoms with Crippen LogP contribution in [-0.4, -0.2) is 31.1 Å². The van der Waals surface area contributed by atoms with Crippen molar-refractivity contribution in [2.45, 2.75) is 6.04 Å². The summed E-state index contributed by atoms with van der Waals surface area (Å²) in [6.07, 6.45) is 0. The standard InChI is InChI=1S/C26H22N2O4/c1-31-22-15-9-14-19-20(16-21(27-24(19)22)17-10-5-3-6-11-17)25(29)28-23(26(30)32-2)18-12-7-4-8-13-18/h3-16,23H,1-2H3,(H,28,29). The van der Waals surface area contributed by atoms with E-state index in [-0.39, 0.29) is 0 Å². The number of nitrogens with zero attached hydrogens (tertiary/aromatic N) is 1. The van der Waals surface area contributed by atoms with Crippen LogP contribution < -0.4 is 10.1 Å². The molecule has 0 bridgehead atoms. The number of carbonyl (C=O) groups excluding carboxylic acids is 2. The lowest BCUT2D eigenvalue weighted by molar-refractivity contribution is -0.143. The Morgan fingerprint density at radius 1 is 0.875 bits per heavy atom. The van der Waals surface area contributed by atoms with E-state index in [1.165, 1.54) is 7.11 Å². The summed E-state index contributed by atoms with van der Waals surface area (Å²) in [7, 11) is 2.86. The normalized spacial score (nSPS) is 11.6. The van der Waals surface area contributed by atoms with Gasteiger partial charge in [-0.15, -0.1) is 0 Å². The van der Waals surface area contributed by atoms with Gasteiger partial charge in [-0.3, -0.25) is 4.79 Å². The third-order valence-corrected chi connectivity index (χ3v) is 5.18. The molecule has 3 aromatic carbocycles. The van der Waals surface area contributed by atoms with E-state index in [0.717, 1.165) is 5.56 Å². The van der Waals surface area contributed by atoms with Gasteiger partial charge < -0.3 is 14.8 Å². The molecular formula is C26H22N2O4. The first-order chi connectivity index (χ1) is 15.6. The fourth-order valence-corrected chi connectivity index (χ4v) is 3.58. The highest BCUT2D eigenvalue weighted by molar-refractivity contribution is 6.09.